The zero-order valence-corrected chi connectivity index (χ0v) is 18.1. The second-order valence-corrected chi connectivity index (χ2v) is 8.55. The number of rotatable bonds is 4. The average Bonchev–Trinajstić information content (AvgIpc) is 3.22. The quantitative estimate of drug-likeness (QED) is 0.768. The van der Waals surface area contributed by atoms with Crippen molar-refractivity contribution in [3.8, 4) is 5.75 Å². The van der Waals surface area contributed by atoms with Crippen LogP contribution >= 0.6 is 0 Å². The van der Waals surface area contributed by atoms with E-state index in [4.69, 9.17) is 4.74 Å². The molecular weight excluding hydrogens is 397 g/mol. The minimum atomic E-state index is -0.281. The van der Waals surface area contributed by atoms with Crippen LogP contribution in [0.4, 0.5) is 14.9 Å². The number of nitrogens with one attached hydrogen (secondary N) is 1. The monoisotopic (exact) mass is 427 g/mol. The summed E-state index contributed by atoms with van der Waals surface area (Å²) < 4.78 is 20.5. The van der Waals surface area contributed by atoms with Crippen molar-refractivity contribution in [2.24, 2.45) is 0 Å². The van der Waals surface area contributed by atoms with Crippen LogP contribution in [0.5, 0.6) is 5.75 Å². The molecule has 2 aromatic carbocycles. The number of urea groups is 1. The van der Waals surface area contributed by atoms with Gasteiger partial charge in [0.25, 0.3) is 0 Å². The summed E-state index contributed by atoms with van der Waals surface area (Å²) in [6, 6.07) is 12.0. The average molecular weight is 428 g/mol. The lowest BCUT2D eigenvalue weighted by atomic mass is 10.0. The number of nitrogens with zero attached hydrogens (tertiary/aromatic N) is 2. The number of hydrogen-bond donors (Lipinski definition) is 2. The van der Waals surface area contributed by atoms with E-state index in [-0.39, 0.29) is 42.4 Å². The number of aromatic hydroxyl groups is 1. The van der Waals surface area contributed by atoms with Gasteiger partial charge >= 0.3 is 6.03 Å². The van der Waals surface area contributed by atoms with Crippen LogP contribution in [0.1, 0.15) is 43.9 Å². The van der Waals surface area contributed by atoms with Crippen molar-refractivity contribution in [1.29, 1.82) is 0 Å². The van der Waals surface area contributed by atoms with Gasteiger partial charge in [-0.2, -0.15) is 0 Å². The molecule has 3 unspecified atom stereocenters. The van der Waals surface area contributed by atoms with E-state index in [1.807, 2.05) is 41.8 Å². The predicted molar refractivity (Wildman–Crippen MR) is 118 cm³/mol. The summed E-state index contributed by atoms with van der Waals surface area (Å²) in [5.74, 6) is -0.0691. The number of benzene rings is 2. The summed E-state index contributed by atoms with van der Waals surface area (Å²) in [7, 11) is 0. The van der Waals surface area contributed by atoms with E-state index in [2.05, 4.69) is 5.32 Å². The van der Waals surface area contributed by atoms with Gasteiger partial charge in [-0.05, 0) is 62.1 Å². The van der Waals surface area contributed by atoms with E-state index in [1.54, 1.807) is 18.2 Å². The number of phenols is 1. The second-order valence-electron chi connectivity index (χ2n) is 8.55. The zero-order valence-electron chi connectivity index (χ0n) is 18.1. The van der Waals surface area contributed by atoms with Crippen LogP contribution in [-0.2, 0) is 11.3 Å². The molecule has 7 heteroatoms. The third kappa shape index (κ3) is 4.93. The van der Waals surface area contributed by atoms with Gasteiger partial charge in [0.1, 0.15) is 11.6 Å². The standard InChI is InChI=1S/C24H30FN3O3/c1-16-14-27(15-17(2)31-16)23-10-5-18(12-21(23)25)13-26-24(30)28-11-3-4-22(28)19-6-8-20(29)9-7-19/h5-10,12,16-17,22,29H,3-4,11,13-15H2,1-2H3,(H,26,30). The minimum absolute atomic E-state index is 0.00925. The summed E-state index contributed by atoms with van der Waals surface area (Å²) in [5, 5.41) is 12.4. The molecule has 0 spiro atoms. The van der Waals surface area contributed by atoms with E-state index in [0.29, 0.717) is 25.3 Å². The molecule has 0 radical (unpaired) electrons. The molecule has 4 rings (SSSR count). The SMILES string of the molecule is CC1CN(c2ccc(CNC(=O)N3CCCC3c3ccc(O)cc3)cc2F)CC(C)O1. The normalized spacial score (nSPS) is 23.8. The Bertz CT molecular complexity index is 911. The molecule has 2 saturated heterocycles. The van der Waals surface area contributed by atoms with Gasteiger partial charge in [0.15, 0.2) is 0 Å². The van der Waals surface area contributed by atoms with E-state index >= 15 is 0 Å². The van der Waals surface area contributed by atoms with Crippen molar-refractivity contribution in [2.45, 2.75) is 51.5 Å². The van der Waals surface area contributed by atoms with Crippen molar-refractivity contribution in [3.63, 3.8) is 0 Å². The van der Waals surface area contributed by atoms with Crippen LogP contribution in [0, 0.1) is 5.82 Å². The molecule has 2 N–H and O–H groups in total. The van der Waals surface area contributed by atoms with Gasteiger partial charge in [-0.25, -0.2) is 9.18 Å². The molecule has 2 fully saturated rings. The molecule has 2 aromatic rings. The lowest BCUT2D eigenvalue weighted by Gasteiger charge is -2.37. The summed E-state index contributed by atoms with van der Waals surface area (Å²) in [6.45, 7) is 6.25. The number of ether oxygens (including phenoxy) is 1. The van der Waals surface area contributed by atoms with Crippen molar-refractivity contribution in [2.75, 3.05) is 24.5 Å². The maximum absolute atomic E-state index is 14.8. The Hall–Kier alpha value is -2.80. The Balaban J connectivity index is 1.38. The summed E-state index contributed by atoms with van der Waals surface area (Å²) >= 11 is 0. The number of anilines is 1. The van der Waals surface area contributed by atoms with Crippen molar-refractivity contribution in [1.82, 2.24) is 10.2 Å². The third-order valence-electron chi connectivity index (χ3n) is 6.01. The maximum atomic E-state index is 14.8. The van der Waals surface area contributed by atoms with E-state index in [1.165, 1.54) is 6.07 Å². The Morgan fingerprint density at radius 2 is 1.87 bits per heavy atom. The molecule has 3 atom stereocenters. The summed E-state index contributed by atoms with van der Waals surface area (Å²) in [6.07, 6.45) is 1.93. The number of likely N-dealkylation sites (tertiary alicyclic amines) is 1. The molecule has 166 valence electrons. The molecule has 2 amide bonds. The zero-order chi connectivity index (χ0) is 22.0. The first kappa shape index (κ1) is 21.4. The Labute approximate surface area is 182 Å². The van der Waals surface area contributed by atoms with Gasteiger partial charge in [0.2, 0.25) is 0 Å². The number of phenolic OH excluding ortho intramolecular Hbond substituents is 1. The van der Waals surface area contributed by atoms with Gasteiger partial charge in [-0.3, -0.25) is 0 Å². The summed E-state index contributed by atoms with van der Waals surface area (Å²) in [4.78, 5) is 16.6. The lowest BCUT2D eigenvalue weighted by Crippen LogP contribution is -2.45. The molecule has 6 nitrogen and oxygen atoms in total. The lowest BCUT2D eigenvalue weighted by molar-refractivity contribution is -0.00539. The second kappa shape index (κ2) is 9.14. The van der Waals surface area contributed by atoms with Crippen molar-refractivity contribution >= 4 is 11.7 Å². The van der Waals surface area contributed by atoms with Gasteiger partial charge in [-0.15, -0.1) is 0 Å². The topological polar surface area (TPSA) is 65.0 Å². The fourth-order valence-electron chi connectivity index (χ4n) is 4.62. The highest BCUT2D eigenvalue weighted by molar-refractivity contribution is 5.75. The summed E-state index contributed by atoms with van der Waals surface area (Å²) in [5.41, 5.74) is 2.31. The smallest absolute Gasteiger partial charge is 0.318 e. The highest BCUT2D eigenvalue weighted by Crippen LogP contribution is 2.32. The molecule has 0 saturated carbocycles. The first-order valence-electron chi connectivity index (χ1n) is 10.9. The van der Waals surface area contributed by atoms with E-state index in [9.17, 15) is 14.3 Å². The maximum Gasteiger partial charge on any atom is 0.318 e. The third-order valence-corrected chi connectivity index (χ3v) is 6.01. The molecular formula is C24H30FN3O3. The van der Waals surface area contributed by atoms with Gasteiger partial charge < -0.3 is 25.0 Å². The molecule has 2 heterocycles. The van der Waals surface area contributed by atoms with Crippen LogP contribution in [-0.4, -0.2) is 47.9 Å². The van der Waals surface area contributed by atoms with Crippen LogP contribution in [0.3, 0.4) is 0 Å². The number of halogens is 1. The first-order valence-corrected chi connectivity index (χ1v) is 10.9. The molecule has 2 aliphatic heterocycles. The number of amides is 2. The molecule has 2 aliphatic rings. The Morgan fingerprint density at radius 1 is 1.16 bits per heavy atom. The highest BCUT2D eigenvalue weighted by atomic mass is 19.1. The highest BCUT2D eigenvalue weighted by Gasteiger charge is 2.30. The fourth-order valence-corrected chi connectivity index (χ4v) is 4.62. The van der Waals surface area contributed by atoms with E-state index < -0.39 is 0 Å². The number of carbonyl (C=O) groups excluding carboxylic acids is 1. The van der Waals surface area contributed by atoms with Crippen molar-refractivity contribution in [3.05, 3.63) is 59.4 Å². The Morgan fingerprint density at radius 3 is 2.55 bits per heavy atom. The Kier molecular flexibility index (Phi) is 6.32. The van der Waals surface area contributed by atoms with Gasteiger partial charge in [-0.1, -0.05) is 18.2 Å². The van der Waals surface area contributed by atoms with Gasteiger partial charge in [0.05, 0.1) is 23.9 Å². The van der Waals surface area contributed by atoms with Crippen LogP contribution in [0.2, 0.25) is 0 Å². The van der Waals surface area contributed by atoms with Gasteiger partial charge in [0, 0.05) is 26.2 Å². The first-order chi connectivity index (χ1) is 14.9. The molecule has 31 heavy (non-hydrogen) atoms. The number of carbonyl (C=O) groups is 1. The van der Waals surface area contributed by atoms with Crippen molar-refractivity contribution < 1.29 is 19.0 Å². The number of morpholine rings is 1. The largest absolute Gasteiger partial charge is 0.508 e. The molecule has 0 aliphatic carbocycles. The molecule has 0 aromatic heterocycles. The van der Waals surface area contributed by atoms with E-state index in [0.717, 1.165) is 24.0 Å². The predicted octanol–water partition coefficient (Wildman–Crippen LogP) is 4.19. The number of hydrogen-bond acceptors (Lipinski definition) is 4. The van der Waals surface area contributed by atoms with Crippen LogP contribution in [0.15, 0.2) is 42.5 Å². The molecule has 0 bridgehead atoms. The van der Waals surface area contributed by atoms with Crippen LogP contribution in [0.25, 0.3) is 0 Å². The minimum Gasteiger partial charge on any atom is -0.508 e. The fraction of sp³-hybridized carbons (Fsp3) is 0.458. The van der Waals surface area contributed by atoms with Crippen LogP contribution < -0.4 is 10.2 Å².